The molecule has 2 unspecified atom stereocenters. The average Bonchev–Trinajstić information content (AvgIpc) is 2.73. The molecule has 1 aromatic heterocycles. The van der Waals surface area contributed by atoms with Gasteiger partial charge in [0.1, 0.15) is 10.3 Å². The number of sulfonamides is 1. The Hall–Kier alpha value is -1.16. The summed E-state index contributed by atoms with van der Waals surface area (Å²) in [6.45, 7) is -0.305. The van der Waals surface area contributed by atoms with Crippen LogP contribution in [0.1, 0.15) is 11.0 Å². The second-order valence-electron chi connectivity index (χ2n) is 3.13. The van der Waals surface area contributed by atoms with Crippen LogP contribution >= 0.6 is 11.3 Å². The number of nitrogens with two attached hydrogens (primary N) is 1. The van der Waals surface area contributed by atoms with Crippen LogP contribution in [0.3, 0.4) is 0 Å². The van der Waals surface area contributed by atoms with Gasteiger partial charge in [0.25, 0.3) is 0 Å². The van der Waals surface area contributed by atoms with Gasteiger partial charge in [-0.1, -0.05) is 5.11 Å². The molecule has 0 bridgehead atoms. The number of rotatable bonds is 5. The van der Waals surface area contributed by atoms with Crippen LogP contribution in [0.4, 0.5) is 0 Å². The lowest BCUT2D eigenvalue weighted by Gasteiger charge is -2.13. The number of hydrogen-bond donors (Lipinski definition) is 3. The van der Waals surface area contributed by atoms with Crippen LogP contribution in [0.25, 0.3) is 10.4 Å². The van der Waals surface area contributed by atoms with Gasteiger partial charge in [0, 0.05) is 9.79 Å². The van der Waals surface area contributed by atoms with Crippen LogP contribution in [0.15, 0.2) is 21.5 Å². The molecule has 10 heteroatoms. The van der Waals surface area contributed by atoms with Gasteiger partial charge >= 0.3 is 0 Å². The number of azide groups is 1. The zero-order chi connectivity index (χ0) is 13.1. The summed E-state index contributed by atoms with van der Waals surface area (Å²) >= 11 is 0.752. The third-order valence-electron chi connectivity index (χ3n) is 1.87. The summed E-state index contributed by atoms with van der Waals surface area (Å²) in [5.74, 6) is 0. The van der Waals surface area contributed by atoms with E-state index in [2.05, 4.69) is 10.0 Å². The lowest BCUT2D eigenvalue weighted by molar-refractivity contribution is 0.0266. The minimum Gasteiger partial charge on any atom is -0.390 e. The first kappa shape index (κ1) is 13.9. The second kappa shape index (κ2) is 5.45. The van der Waals surface area contributed by atoms with Crippen molar-refractivity contribution in [3.63, 3.8) is 0 Å². The van der Waals surface area contributed by atoms with Crippen LogP contribution in [0.5, 0.6) is 0 Å². The van der Waals surface area contributed by atoms with Gasteiger partial charge in [-0.25, -0.2) is 13.6 Å². The van der Waals surface area contributed by atoms with Crippen molar-refractivity contribution in [2.24, 2.45) is 10.3 Å². The molecule has 1 heterocycles. The van der Waals surface area contributed by atoms with Crippen molar-refractivity contribution in [3.05, 3.63) is 27.5 Å². The SMILES string of the molecule is [N-]=[N+]=NCC(O)C(O)c1ccc(S(N)(=O)=O)s1. The molecule has 0 spiro atoms. The van der Waals surface area contributed by atoms with E-state index in [-0.39, 0.29) is 15.6 Å². The zero-order valence-corrected chi connectivity index (χ0v) is 10.1. The largest absolute Gasteiger partial charge is 0.390 e. The highest BCUT2D eigenvalue weighted by Gasteiger charge is 2.21. The summed E-state index contributed by atoms with van der Waals surface area (Å²) in [6, 6.07) is 2.58. The molecule has 0 saturated heterocycles. The first-order valence-electron chi connectivity index (χ1n) is 4.35. The van der Waals surface area contributed by atoms with Gasteiger partial charge in [-0.15, -0.1) is 11.3 Å². The molecule has 94 valence electrons. The molecule has 0 aromatic carbocycles. The van der Waals surface area contributed by atoms with Gasteiger partial charge in [-0.2, -0.15) is 0 Å². The van der Waals surface area contributed by atoms with Crippen molar-refractivity contribution in [2.45, 2.75) is 16.4 Å². The molecule has 4 N–H and O–H groups in total. The smallest absolute Gasteiger partial charge is 0.247 e. The van der Waals surface area contributed by atoms with E-state index in [1.807, 2.05) is 0 Å². The highest BCUT2D eigenvalue weighted by Crippen LogP contribution is 2.27. The third kappa shape index (κ3) is 3.66. The van der Waals surface area contributed by atoms with Crippen molar-refractivity contribution in [1.29, 1.82) is 0 Å². The van der Waals surface area contributed by atoms with Crippen LogP contribution < -0.4 is 5.14 Å². The maximum absolute atomic E-state index is 11.0. The second-order valence-corrected chi connectivity index (χ2v) is 6.03. The monoisotopic (exact) mass is 278 g/mol. The quantitative estimate of drug-likeness (QED) is 0.397. The molecule has 8 nitrogen and oxygen atoms in total. The van der Waals surface area contributed by atoms with Crippen molar-refractivity contribution >= 4 is 21.4 Å². The maximum atomic E-state index is 11.0. The van der Waals surface area contributed by atoms with E-state index >= 15 is 0 Å². The maximum Gasteiger partial charge on any atom is 0.247 e. The standard InChI is InChI=1S/C7H10N4O4S2/c8-11-10-3-4(12)7(13)5-1-2-6(16-5)17(9,14)15/h1-2,4,7,12-13H,3H2,(H2,9,14,15). The molecular weight excluding hydrogens is 268 g/mol. The summed E-state index contributed by atoms with van der Waals surface area (Å²) < 4.78 is 21.9. The number of aliphatic hydroxyl groups excluding tert-OH is 2. The number of nitrogens with zero attached hydrogens (tertiary/aromatic N) is 3. The first-order valence-corrected chi connectivity index (χ1v) is 6.72. The molecule has 0 radical (unpaired) electrons. The third-order valence-corrected chi connectivity index (χ3v) is 4.46. The first-order chi connectivity index (χ1) is 7.86. The van der Waals surface area contributed by atoms with E-state index in [0.717, 1.165) is 11.3 Å². The van der Waals surface area contributed by atoms with Crippen molar-refractivity contribution in [2.75, 3.05) is 6.54 Å². The summed E-state index contributed by atoms with van der Waals surface area (Å²) in [7, 11) is -3.81. The summed E-state index contributed by atoms with van der Waals surface area (Å²) in [5, 5.41) is 27.1. The lowest BCUT2D eigenvalue weighted by Crippen LogP contribution is -2.20. The molecular formula is C7H10N4O4S2. The molecule has 0 fully saturated rings. The Morgan fingerprint density at radius 1 is 1.53 bits per heavy atom. The van der Waals surface area contributed by atoms with Gasteiger partial charge in [0.05, 0.1) is 12.6 Å². The van der Waals surface area contributed by atoms with Crippen molar-refractivity contribution in [3.8, 4) is 0 Å². The highest BCUT2D eigenvalue weighted by atomic mass is 32.2. The predicted octanol–water partition coefficient (Wildman–Crippen LogP) is 0.100. The molecule has 2 atom stereocenters. The molecule has 0 aliphatic rings. The van der Waals surface area contributed by atoms with E-state index in [0.29, 0.717) is 0 Å². The molecule has 1 aromatic rings. The Labute approximate surface area is 101 Å². The topological polar surface area (TPSA) is 149 Å². The fraction of sp³-hybridized carbons (Fsp3) is 0.429. The summed E-state index contributed by atoms with van der Waals surface area (Å²) in [6.07, 6.45) is -2.61. The zero-order valence-electron chi connectivity index (χ0n) is 8.46. The Morgan fingerprint density at radius 3 is 2.65 bits per heavy atom. The lowest BCUT2D eigenvalue weighted by atomic mass is 10.2. The Balaban J connectivity index is 2.86. The Morgan fingerprint density at radius 2 is 2.18 bits per heavy atom. The molecule has 0 amide bonds. The predicted molar refractivity (Wildman–Crippen MR) is 60.7 cm³/mol. The van der Waals surface area contributed by atoms with Gasteiger partial charge in [0.15, 0.2) is 0 Å². The summed E-state index contributed by atoms with van der Waals surface area (Å²) in [4.78, 5) is 2.67. The molecule has 0 saturated carbocycles. The highest BCUT2D eigenvalue weighted by molar-refractivity contribution is 7.91. The number of thiophene rings is 1. The number of aliphatic hydroxyl groups is 2. The van der Waals surface area contributed by atoms with E-state index < -0.39 is 22.2 Å². The average molecular weight is 278 g/mol. The van der Waals surface area contributed by atoms with E-state index in [9.17, 15) is 18.6 Å². The van der Waals surface area contributed by atoms with Crippen LogP contribution in [-0.4, -0.2) is 31.3 Å². The fourth-order valence-corrected chi connectivity index (χ4v) is 2.85. The normalized spacial score (nSPS) is 15.0. The van der Waals surface area contributed by atoms with Gasteiger partial charge in [0.2, 0.25) is 10.0 Å². The van der Waals surface area contributed by atoms with Gasteiger partial charge < -0.3 is 10.2 Å². The summed E-state index contributed by atoms with van der Waals surface area (Å²) in [5.41, 5.74) is 8.05. The van der Waals surface area contributed by atoms with Crippen molar-refractivity contribution in [1.82, 2.24) is 0 Å². The van der Waals surface area contributed by atoms with Crippen LogP contribution in [0.2, 0.25) is 0 Å². The Bertz CT molecular complexity index is 534. The van der Waals surface area contributed by atoms with Crippen molar-refractivity contribution < 1.29 is 18.6 Å². The van der Waals surface area contributed by atoms with Gasteiger partial charge in [-0.3, -0.25) is 0 Å². The van der Waals surface area contributed by atoms with E-state index in [4.69, 9.17) is 10.7 Å². The van der Waals surface area contributed by atoms with Crippen LogP contribution in [-0.2, 0) is 10.0 Å². The minimum absolute atomic E-state index is 0.109. The number of primary sulfonamides is 1. The van der Waals surface area contributed by atoms with E-state index in [1.165, 1.54) is 12.1 Å². The molecule has 0 aliphatic carbocycles. The van der Waals surface area contributed by atoms with Gasteiger partial charge in [-0.05, 0) is 17.7 Å². The minimum atomic E-state index is -3.81. The fourth-order valence-electron chi connectivity index (χ4n) is 1.06. The van der Waals surface area contributed by atoms with E-state index in [1.54, 1.807) is 0 Å². The molecule has 17 heavy (non-hydrogen) atoms. The molecule has 0 aliphatic heterocycles. The van der Waals surface area contributed by atoms with Crippen LogP contribution in [0, 0.1) is 0 Å². The molecule has 1 rings (SSSR count). The Kier molecular flexibility index (Phi) is 4.46. The number of hydrogen-bond acceptors (Lipinski definition) is 6.